The van der Waals surface area contributed by atoms with Gasteiger partial charge in [0.2, 0.25) is 5.91 Å². The second kappa shape index (κ2) is 7.21. The molecule has 0 unspecified atom stereocenters. The van der Waals surface area contributed by atoms with Gasteiger partial charge in [-0.05, 0) is 52.9 Å². The van der Waals surface area contributed by atoms with Crippen molar-refractivity contribution in [3.05, 3.63) is 28.0 Å². The first-order chi connectivity index (χ1) is 9.56. The molecule has 0 aromatic heterocycles. The molecular weight excluding hydrogens is 321 g/mol. The molecule has 1 fully saturated rings. The van der Waals surface area contributed by atoms with Crippen molar-refractivity contribution in [1.29, 1.82) is 0 Å². The van der Waals surface area contributed by atoms with Crippen LogP contribution in [0.25, 0.3) is 0 Å². The fourth-order valence-corrected chi connectivity index (χ4v) is 3.26. The molecule has 1 aromatic rings. The number of amides is 1. The molecule has 2 nitrogen and oxygen atoms in total. The van der Waals surface area contributed by atoms with Crippen LogP contribution in [0.5, 0.6) is 0 Å². The molecule has 110 valence electrons. The monoisotopic (exact) mass is 341 g/mol. The standard InChI is InChI=1S/C16H21BrFNO/c1-11-9-13(17)14(18)10-15(11)19-16(20)8-7-12-5-3-2-4-6-12/h9-10,12H,2-8H2,1H3,(H,19,20). The first kappa shape index (κ1) is 15.5. The summed E-state index contributed by atoms with van der Waals surface area (Å²) in [6, 6.07) is 3.06. The Morgan fingerprint density at radius 1 is 1.35 bits per heavy atom. The van der Waals surface area contributed by atoms with E-state index in [0.717, 1.165) is 12.0 Å². The van der Waals surface area contributed by atoms with E-state index in [1.54, 1.807) is 6.07 Å². The summed E-state index contributed by atoms with van der Waals surface area (Å²) in [5.74, 6) is 0.329. The summed E-state index contributed by atoms with van der Waals surface area (Å²) in [4.78, 5) is 12.0. The van der Waals surface area contributed by atoms with Gasteiger partial charge in [-0.1, -0.05) is 32.1 Å². The van der Waals surface area contributed by atoms with Crippen LogP contribution >= 0.6 is 15.9 Å². The van der Waals surface area contributed by atoms with E-state index in [9.17, 15) is 9.18 Å². The van der Waals surface area contributed by atoms with E-state index in [2.05, 4.69) is 21.2 Å². The Morgan fingerprint density at radius 2 is 2.05 bits per heavy atom. The second-order valence-corrected chi connectivity index (χ2v) is 6.53. The maximum atomic E-state index is 13.5. The van der Waals surface area contributed by atoms with Gasteiger partial charge in [0.05, 0.1) is 4.47 Å². The summed E-state index contributed by atoms with van der Waals surface area (Å²) in [6.45, 7) is 1.86. The highest BCUT2D eigenvalue weighted by molar-refractivity contribution is 9.10. The molecule has 0 heterocycles. The Balaban J connectivity index is 1.86. The Labute approximate surface area is 128 Å². The van der Waals surface area contributed by atoms with Crippen LogP contribution in [-0.2, 0) is 4.79 Å². The minimum atomic E-state index is -0.349. The molecule has 1 aromatic carbocycles. The van der Waals surface area contributed by atoms with Crippen LogP contribution in [0, 0.1) is 18.7 Å². The van der Waals surface area contributed by atoms with Crippen LogP contribution in [0.1, 0.15) is 50.5 Å². The number of halogens is 2. The first-order valence-corrected chi connectivity index (χ1v) is 8.11. The van der Waals surface area contributed by atoms with Crippen LogP contribution < -0.4 is 5.32 Å². The van der Waals surface area contributed by atoms with Crippen molar-refractivity contribution in [3.8, 4) is 0 Å². The van der Waals surface area contributed by atoms with Crippen molar-refractivity contribution in [2.24, 2.45) is 5.92 Å². The predicted molar refractivity (Wildman–Crippen MR) is 83.3 cm³/mol. The molecule has 0 spiro atoms. The molecule has 1 N–H and O–H groups in total. The Kier molecular flexibility index (Phi) is 5.58. The zero-order chi connectivity index (χ0) is 14.5. The highest BCUT2D eigenvalue weighted by atomic mass is 79.9. The zero-order valence-electron chi connectivity index (χ0n) is 11.8. The van der Waals surface area contributed by atoms with Crippen molar-refractivity contribution in [1.82, 2.24) is 0 Å². The first-order valence-electron chi connectivity index (χ1n) is 7.32. The molecule has 0 atom stereocenters. The number of nitrogens with one attached hydrogen (secondary N) is 1. The lowest BCUT2D eigenvalue weighted by atomic mass is 9.86. The average molecular weight is 342 g/mol. The smallest absolute Gasteiger partial charge is 0.224 e. The molecule has 1 amide bonds. The molecule has 20 heavy (non-hydrogen) atoms. The third kappa shape index (κ3) is 4.30. The summed E-state index contributed by atoms with van der Waals surface area (Å²) < 4.78 is 13.9. The van der Waals surface area contributed by atoms with Gasteiger partial charge < -0.3 is 5.32 Å². The number of rotatable bonds is 4. The number of anilines is 1. The number of aryl methyl sites for hydroxylation is 1. The summed E-state index contributed by atoms with van der Waals surface area (Å²) in [6.07, 6.45) is 7.90. The van der Waals surface area contributed by atoms with Gasteiger partial charge >= 0.3 is 0 Å². The van der Waals surface area contributed by atoms with Crippen molar-refractivity contribution in [3.63, 3.8) is 0 Å². The normalized spacial score (nSPS) is 16.1. The SMILES string of the molecule is Cc1cc(Br)c(F)cc1NC(=O)CCC1CCCCC1. The van der Waals surface area contributed by atoms with Crippen LogP contribution in [0.4, 0.5) is 10.1 Å². The molecule has 0 saturated heterocycles. The molecule has 2 rings (SSSR count). The van der Waals surface area contributed by atoms with Crippen LogP contribution in [-0.4, -0.2) is 5.91 Å². The highest BCUT2D eigenvalue weighted by Crippen LogP contribution is 2.28. The minimum Gasteiger partial charge on any atom is -0.326 e. The topological polar surface area (TPSA) is 29.1 Å². The van der Waals surface area contributed by atoms with E-state index in [0.29, 0.717) is 22.5 Å². The Hall–Kier alpha value is -0.900. The quantitative estimate of drug-likeness (QED) is 0.801. The predicted octanol–water partition coefficient (Wildman–Crippen LogP) is 5.20. The largest absolute Gasteiger partial charge is 0.326 e. The lowest BCUT2D eigenvalue weighted by Crippen LogP contribution is -2.15. The van der Waals surface area contributed by atoms with E-state index in [1.807, 2.05) is 6.92 Å². The van der Waals surface area contributed by atoms with Crippen LogP contribution in [0.15, 0.2) is 16.6 Å². The van der Waals surface area contributed by atoms with E-state index in [1.165, 1.54) is 38.2 Å². The number of hydrogen-bond donors (Lipinski definition) is 1. The van der Waals surface area contributed by atoms with Crippen LogP contribution in [0.2, 0.25) is 0 Å². The minimum absolute atomic E-state index is 0.0135. The van der Waals surface area contributed by atoms with Gasteiger partial charge in [-0.2, -0.15) is 0 Å². The summed E-state index contributed by atoms with van der Waals surface area (Å²) >= 11 is 3.14. The van der Waals surface area contributed by atoms with Crippen molar-refractivity contribution >= 4 is 27.5 Å². The molecule has 1 aliphatic rings. The molecule has 0 radical (unpaired) electrons. The van der Waals surface area contributed by atoms with Crippen molar-refractivity contribution in [2.45, 2.75) is 51.9 Å². The van der Waals surface area contributed by atoms with E-state index in [4.69, 9.17) is 0 Å². The van der Waals surface area contributed by atoms with Gasteiger partial charge in [0, 0.05) is 12.1 Å². The average Bonchev–Trinajstić information content (AvgIpc) is 2.44. The highest BCUT2D eigenvalue weighted by Gasteiger charge is 2.15. The molecule has 1 aliphatic carbocycles. The lowest BCUT2D eigenvalue weighted by molar-refractivity contribution is -0.116. The third-order valence-electron chi connectivity index (χ3n) is 4.05. The van der Waals surface area contributed by atoms with Gasteiger partial charge in [-0.3, -0.25) is 4.79 Å². The number of carbonyl (C=O) groups excluding carboxylic acids is 1. The van der Waals surface area contributed by atoms with Gasteiger partial charge in [0.25, 0.3) is 0 Å². The maximum Gasteiger partial charge on any atom is 0.224 e. The van der Waals surface area contributed by atoms with Crippen molar-refractivity contribution in [2.75, 3.05) is 5.32 Å². The fraction of sp³-hybridized carbons (Fsp3) is 0.562. The van der Waals surface area contributed by atoms with Crippen molar-refractivity contribution < 1.29 is 9.18 Å². The van der Waals surface area contributed by atoms with Crippen LogP contribution in [0.3, 0.4) is 0 Å². The van der Waals surface area contributed by atoms with Gasteiger partial charge in [0.15, 0.2) is 0 Å². The lowest BCUT2D eigenvalue weighted by Gasteiger charge is -2.21. The molecule has 1 saturated carbocycles. The number of hydrogen-bond acceptors (Lipinski definition) is 1. The molecular formula is C16H21BrFNO. The maximum absolute atomic E-state index is 13.5. The van der Waals surface area contributed by atoms with E-state index >= 15 is 0 Å². The van der Waals surface area contributed by atoms with E-state index in [-0.39, 0.29) is 11.7 Å². The zero-order valence-corrected chi connectivity index (χ0v) is 13.4. The Bertz CT molecular complexity index is 484. The number of benzene rings is 1. The van der Waals surface area contributed by atoms with Gasteiger partial charge in [-0.15, -0.1) is 0 Å². The number of carbonyl (C=O) groups is 1. The van der Waals surface area contributed by atoms with Gasteiger partial charge in [-0.25, -0.2) is 4.39 Å². The molecule has 0 aliphatic heterocycles. The second-order valence-electron chi connectivity index (χ2n) is 5.67. The molecule has 4 heteroatoms. The summed E-state index contributed by atoms with van der Waals surface area (Å²) in [5.41, 5.74) is 1.43. The third-order valence-corrected chi connectivity index (χ3v) is 4.65. The summed E-state index contributed by atoms with van der Waals surface area (Å²) in [7, 11) is 0. The fourth-order valence-electron chi connectivity index (χ4n) is 2.80. The van der Waals surface area contributed by atoms with E-state index < -0.39 is 0 Å². The van der Waals surface area contributed by atoms with Gasteiger partial charge in [0.1, 0.15) is 5.82 Å². The summed E-state index contributed by atoms with van der Waals surface area (Å²) in [5, 5.41) is 2.82. The Morgan fingerprint density at radius 3 is 2.75 bits per heavy atom. The molecule has 0 bridgehead atoms.